The zero-order valence-electron chi connectivity index (χ0n) is 16.2. The molecule has 0 spiro atoms. The van der Waals surface area contributed by atoms with Gasteiger partial charge in [-0.15, -0.1) is 0 Å². The van der Waals surface area contributed by atoms with E-state index in [9.17, 15) is 13.2 Å². The number of rotatable bonds is 9. The van der Waals surface area contributed by atoms with Crippen LogP contribution in [-0.4, -0.2) is 38.3 Å². The third kappa shape index (κ3) is 5.70. The summed E-state index contributed by atoms with van der Waals surface area (Å²) in [6.45, 7) is 5.80. The molecular formula is C20H25ClN2O4S. The zero-order valence-corrected chi connectivity index (χ0v) is 17.8. The number of nitrogens with one attached hydrogen (secondary N) is 1. The quantitative estimate of drug-likeness (QED) is 0.667. The molecule has 8 heteroatoms. The smallest absolute Gasteiger partial charge is 0.243 e. The van der Waals surface area contributed by atoms with Crippen molar-refractivity contribution in [2.75, 3.05) is 19.7 Å². The minimum absolute atomic E-state index is 0.122. The van der Waals surface area contributed by atoms with E-state index < -0.39 is 10.0 Å². The fourth-order valence-corrected chi connectivity index (χ4v) is 4.20. The molecule has 6 nitrogen and oxygen atoms in total. The number of amides is 1. The number of hydrogen-bond acceptors (Lipinski definition) is 4. The van der Waals surface area contributed by atoms with Gasteiger partial charge in [0, 0.05) is 11.6 Å². The third-order valence-electron chi connectivity index (χ3n) is 4.19. The van der Waals surface area contributed by atoms with Crippen LogP contribution in [0.5, 0.6) is 5.75 Å². The largest absolute Gasteiger partial charge is 0.494 e. The lowest BCUT2D eigenvalue weighted by atomic mass is 10.1. The molecule has 2 rings (SSSR count). The van der Waals surface area contributed by atoms with Gasteiger partial charge in [-0.3, -0.25) is 4.79 Å². The van der Waals surface area contributed by atoms with Gasteiger partial charge in [-0.2, -0.15) is 4.31 Å². The Morgan fingerprint density at radius 1 is 1.11 bits per heavy atom. The van der Waals surface area contributed by atoms with Crippen LogP contribution in [0.15, 0.2) is 53.4 Å². The molecule has 0 fully saturated rings. The van der Waals surface area contributed by atoms with Crippen molar-refractivity contribution in [2.45, 2.75) is 31.7 Å². The highest BCUT2D eigenvalue weighted by molar-refractivity contribution is 7.89. The lowest BCUT2D eigenvalue weighted by Crippen LogP contribution is -2.41. The van der Waals surface area contributed by atoms with Crippen LogP contribution in [0, 0.1) is 0 Å². The number of hydrogen-bond donors (Lipinski definition) is 1. The van der Waals surface area contributed by atoms with Gasteiger partial charge in [-0.25, -0.2) is 8.42 Å². The Morgan fingerprint density at radius 2 is 1.71 bits per heavy atom. The normalized spacial score (nSPS) is 12.6. The maximum Gasteiger partial charge on any atom is 0.243 e. The van der Waals surface area contributed by atoms with Gasteiger partial charge in [0.15, 0.2) is 0 Å². The van der Waals surface area contributed by atoms with Gasteiger partial charge in [-0.05, 0) is 55.8 Å². The van der Waals surface area contributed by atoms with Gasteiger partial charge >= 0.3 is 0 Å². The Balaban J connectivity index is 2.06. The van der Waals surface area contributed by atoms with Crippen molar-refractivity contribution in [3.63, 3.8) is 0 Å². The maximum atomic E-state index is 12.9. The van der Waals surface area contributed by atoms with Crippen LogP contribution in [0.1, 0.15) is 32.4 Å². The maximum absolute atomic E-state index is 12.9. The lowest BCUT2D eigenvalue weighted by Gasteiger charge is -2.22. The van der Waals surface area contributed by atoms with Gasteiger partial charge in [-0.1, -0.05) is 30.7 Å². The summed E-state index contributed by atoms with van der Waals surface area (Å²) in [7, 11) is -3.78. The molecule has 0 aliphatic rings. The van der Waals surface area contributed by atoms with Gasteiger partial charge < -0.3 is 10.1 Å². The molecule has 1 N–H and O–H groups in total. The molecule has 1 atom stereocenters. The van der Waals surface area contributed by atoms with Gasteiger partial charge in [0.25, 0.3) is 0 Å². The average Bonchev–Trinajstić information content (AvgIpc) is 2.67. The van der Waals surface area contributed by atoms with Crippen LogP contribution in [-0.2, 0) is 14.8 Å². The number of halogens is 1. The third-order valence-corrected chi connectivity index (χ3v) is 6.38. The molecular weight excluding hydrogens is 400 g/mol. The molecule has 152 valence electrons. The number of likely N-dealkylation sites (N-methyl/N-ethyl adjacent to an activating group) is 1. The first-order valence-electron chi connectivity index (χ1n) is 9.05. The average molecular weight is 425 g/mol. The highest BCUT2D eigenvalue weighted by atomic mass is 35.5. The Kier molecular flexibility index (Phi) is 7.86. The number of benzene rings is 2. The summed E-state index contributed by atoms with van der Waals surface area (Å²) in [4.78, 5) is 12.5. The van der Waals surface area contributed by atoms with E-state index in [0.717, 1.165) is 9.87 Å². The number of nitrogens with zero attached hydrogens (tertiary/aromatic N) is 1. The standard InChI is InChI=1S/C20H25ClN2O4S/c1-4-23(28(25,26)19-12-10-18(11-13-19)27-5-2)14-20(24)22-15(3)16-6-8-17(21)9-7-16/h6-13,15H,4-5,14H2,1-3H3,(H,22,24). The van der Waals surface area contributed by atoms with Crippen LogP contribution >= 0.6 is 11.6 Å². The van der Waals surface area contributed by atoms with Crippen molar-refractivity contribution in [3.8, 4) is 5.75 Å². The monoisotopic (exact) mass is 424 g/mol. The van der Waals surface area contributed by atoms with E-state index in [1.807, 2.05) is 26.0 Å². The second-order valence-electron chi connectivity index (χ2n) is 6.18. The molecule has 2 aromatic rings. The number of ether oxygens (including phenoxy) is 1. The SMILES string of the molecule is CCOc1ccc(S(=O)(=O)N(CC)CC(=O)NC(C)c2ccc(Cl)cc2)cc1. The van der Waals surface area contributed by atoms with Crippen LogP contribution in [0.25, 0.3) is 0 Å². The molecule has 0 aliphatic carbocycles. The van der Waals surface area contributed by atoms with Crippen LogP contribution in [0.3, 0.4) is 0 Å². The minimum atomic E-state index is -3.78. The lowest BCUT2D eigenvalue weighted by molar-refractivity contribution is -0.121. The van der Waals surface area contributed by atoms with Crippen LogP contribution in [0.4, 0.5) is 0 Å². The summed E-state index contributed by atoms with van der Waals surface area (Å²) in [6, 6.07) is 13.0. The highest BCUT2D eigenvalue weighted by Crippen LogP contribution is 2.20. The topological polar surface area (TPSA) is 75.7 Å². The summed E-state index contributed by atoms with van der Waals surface area (Å²) in [6.07, 6.45) is 0. The first-order chi connectivity index (χ1) is 13.3. The van der Waals surface area contributed by atoms with Crippen LogP contribution in [0.2, 0.25) is 5.02 Å². The number of sulfonamides is 1. The highest BCUT2D eigenvalue weighted by Gasteiger charge is 2.25. The van der Waals surface area contributed by atoms with Crippen molar-refractivity contribution in [1.82, 2.24) is 9.62 Å². The van der Waals surface area contributed by atoms with E-state index in [1.54, 1.807) is 31.2 Å². The minimum Gasteiger partial charge on any atom is -0.494 e. The molecule has 28 heavy (non-hydrogen) atoms. The molecule has 0 saturated heterocycles. The summed E-state index contributed by atoms with van der Waals surface area (Å²) < 4.78 is 32.2. The summed E-state index contributed by atoms with van der Waals surface area (Å²) in [5.41, 5.74) is 0.884. The summed E-state index contributed by atoms with van der Waals surface area (Å²) >= 11 is 5.88. The van der Waals surface area contributed by atoms with Gasteiger partial charge in [0.2, 0.25) is 15.9 Å². The molecule has 0 bridgehead atoms. The Labute approximate surface area is 171 Å². The Hall–Kier alpha value is -2.09. The van der Waals surface area contributed by atoms with E-state index >= 15 is 0 Å². The molecule has 0 aromatic heterocycles. The fraction of sp³-hybridized carbons (Fsp3) is 0.350. The molecule has 0 heterocycles. The Bertz CT molecular complexity index is 883. The Morgan fingerprint density at radius 3 is 2.25 bits per heavy atom. The number of carbonyl (C=O) groups excluding carboxylic acids is 1. The van der Waals surface area contributed by atoms with Crippen molar-refractivity contribution >= 4 is 27.5 Å². The van der Waals surface area contributed by atoms with E-state index in [-0.39, 0.29) is 29.9 Å². The second kappa shape index (κ2) is 9.91. The first kappa shape index (κ1) is 22.2. The molecule has 0 saturated carbocycles. The van der Waals surface area contributed by atoms with E-state index in [0.29, 0.717) is 17.4 Å². The second-order valence-corrected chi connectivity index (χ2v) is 8.55. The molecule has 1 amide bonds. The van der Waals surface area contributed by atoms with Crippen molar-refractivity contribution < 1.29 is 17.9 Å². The van der Waals surface area contributed by atoms with E-state index in [2.05, 4.69) is 5.32 Å². The summed E-state index contributed by atoms with van der Waals surface area (Å²) in [5, 5.41) is 3.43. The summed E-state index contributed by atoms with van der Waals surface area (Å²) in [5.74, 6) is 0.220. The van der Waals surface area contributed by atoms with Crippen LogP contribution < -0.4 is 10.1 Å². The zero-order chi connectivity index (χ0) is 20.7. The molecule has 0 aliphatic heterocycles. The molecule has 1 unspecified atom stereocenters. The van der Waals surface area contributed by atoms with E-state index in [1.165, 1.54) is 12.1 Å². The van der Waals surface area contributed by atoms with Crippen molar-refractivity contribution in [3.05, 3.63) is 59.1 Å². The first-order valence-corrected chi connectivity index (χ1v) is 10.9. The predicted molar refractivity (Wildman–Crippen MR) is 110 cm³/mol. The van der Waals surface area contributed by atoms with Gasteiger partial charge in [0.1, 0.15) is 5.75 Å². The van der Waals surface area contributed by atoms with E-state index in [4.69, 9.17) is 16.3 Å². The van der Waals surface area contributed by atoms with Crippen molar-refractivity contribution in [2.24, 2.45) is 0 Å². The molecule has 0 radical (unpaired) electrons. The van der Waals surface area contributed by atoms with Crippen molar-refractivity contribution in [1.29, 1.82) is 0 Å². The number of carbonyl (C=O) groups is 1. The van der Waals surface area contributed by atoms with Gasteiger partial charge in [0.05, 0.1) is 24.1 Å². The fourth-order valence-electron chi connectivity index (χ4n) is 2.67. The predicted octanol–water partition coefficient (Wildman–Crippen LogP) is 3.63. The molecule has 2 aromatic carbocycles.